The van der Waals surface area contributed by atoms with Crippen molar-refractivity contribution >= 4 is 11.9 Å². The molecule has 1 amide bonds. The summed E-state index contributed by atoms with van der Waals surface area (Å²) in [5.41, 5.74) is 2.74. The van der Waals surface area contributed by atoms with E-state index in [4.69, 9.17) is 4.74 Å². The van der Waals surface area contributed by atoms with E-state index in [0.29, 0.717) is 23.4 Å². The zero-order chi connectivity index (χ0) is 19.4. The van der Waals surface area contributed by atoms with Crippen molar-refractivity contribution in [3.63, 3.8) is 0 Å². The molecule has 1 aromatic heterocycles. The maximum atomic E-state index is 12.5. The Bertz CT molecular complexity index is 945. The minimum absolute atomic E-state index is 0.143. The van der Waals surface area contributed by atoms with Gasteiger partial charge in [0.25, 0.3) is 5.91 Å². The standard InChI is InChI=1S/C21H21N3O3/c1-15-5-8-18(20(25)23(2)3)13-19(15)27-21(26)17-9-6-16(7-10-17)14-24-12-4-11-22-24/h4-13H,14H2,1-3H3. The van der Waals surface area contributed by atoms with Gasteiger partial charge in [-0.25, -0.2) is 4.79 Å². The smallest absolute Gasteiger partial charge is 0.343 e. The fraction of sp³-hybridized carbons (Fsp3) is 0.190. The zero-order valence-electron chi connectivity index (χ0n) is 15.5. The number of aromatic nitrogens is 2. The molecule has 0 N–H and O–H groups in total. The Labute approximate surface area is 158 Å². The van der Waals surface area contributed by atoms with Crippen LogP contribution in [-0.2, 0) is 6.54 Å². The van der Waals surface area contributed by atoms with E-state index in [0.717, 1.165) is 11.1 Å². The van der Waals surface area contributed by atoms with Gasteiger partial charge in [-0.2, -0.15) is 5.10 Å². The van der Waals surface area contributed by atoms with E-state index in [1.54, 1.807) is 50.6 Å². The monoisotopic (exact) mass is 363 g/mol. The highest BCUT2D eigenvalue weighted by Gasteiger charge is 2.14. The highest BCUT2D eigenvalue weighted by atomic mass is 16.5. The van der Waals surface area contributed by atoms with Crippen LogP contribution in [-0.4, -0.2) is 40.7 Å². The zero-order valence-corrected chi connectivity index (χ0v) is 15.5. The van der Waals surface area contributed by atoms with Crippen LogP contribution in [0.1, 0.15) is 31.8 Å². The molecule has 0 aliphatic carbocycles. The third-order valence-electron chi connectivity index (χ3n) is 4.14. The van der Waals surface area contributed by atoms with Crippen LogP contribution in [0.4, 0.5) is 0 Å². The SMILES string of the molecule is Cc1ccc(C(=O)N(C)C)cc1OC(=O)c1ccc(Cn2cccn2)cc1. The number of rotatable bonds is 5. The van der Waals surface area contributed by atoms with E-state index in [2.05, 4.69) is 5.10 Å². The summed E-state index contributed by atoms with van der Waals surface area (Å²) in [7, 11) is 3.36. The van der Waals surface area contributed by atoms with Crippen LogP contribution >= 0.6 is 0 Å². The van der Waals surface area contributed by atoms with Crippen molar-refractivity contribution in [2.24, 2.45) is 0 Å². The highest BCUT2D eigenvalue weighted by molar-refractivity contribution is 5.95. The molecule has 0 aliphatic rings. The van der Waals surface area contributed by atoms with E-state index in [9.17, 15) is 9.59 Å². The molecule has 138 valence electrons. The van der Waals surface area contributed by atoms with Gasteiger partial charge in [-0.3, -0.25) is 9.48 Å². The largest absolute Gasteiger partial charge is 0.423 e. The molecular formula is C21H21N3O3. The van der Waals surface area contributed by atoms with Gasteiger partial charge >= 0.3 is 5.97 Å². The van der Waals surface area contributed by atoms with Gasteiger partial charge in [-0.15, -0.1) is 0 Å². The molecule has 0 spiro atoms. The Morgan fingerprint density at radius 2 is 1.78 bits per heavy atom. The number of esters is 1. The molecule has 0 radical (unpaired) electrons. The van der Waals surface area contributed by atoms with Gasteiger partial charge in [0, 0.05) is 32.1 Å². The van der Waals surface area contributed by atoms with Crippen molar-refractivity contribution < 1.29 is 14.3 Å². The second kappa shape index (κ2) is 7.86. The lowest BCUT2D eigenvalue weighted by molar-refractivity contribution is 0.0730. The minimum Gasteiger partial charge on any atom is -0.423 e. The van der Waals surface area contributed by atoms with Crippen LogP contribution in [0.25, 0.3) is 0 Å². The molecular weight excluding hydrogens is 342 g/mol. The number of hydrogen-bond acceptors (Lipinski definition) is 4. The lowest BCUT2D eigenvalue weighted by Gasteiger charge is -2.13. The van der Waals surface area contributed by atoms with Crippen LogP contribution in [0.5, 0.6) is 5.75 Å². The molecule has 0 atom stereocenters. The normalized spacial score (nSPS) is 10.5. The average molecular weight is 363 g/mol. The van der Waals surface area contributed by atoms with Gasteiger partial charge in [0.2, 0.25) is 0 Å². The van der Waals surface area contributed by atoms with Gasteiger partial charge in [-0.05, 0) is 48.4 Å². The fourth-order valence-electron chi connectivity index (χ4n) is 2.59. The summed E-state index contributed by atoms with van der Waals surface area (Å²) < 4.78 is 7.33. The lowest BCUT2D eigenvalue weighted by Crippen LogP contribution is -2.21. The Morgan fingerprint density at radius 3 is 2.41 bits per heavy atom. The van der Waals surface area contributed by atoms with Crippen LogP contribution in [0.3, 0.4) is 0 Å². The summed E-state index contributed by atoms with van der Waals surface area (Å²) in [6, 6.07) is 14.2. The summed E-state index contributed by atoms with van der Waals surface area (Å²) in [6.07, 6.45) is 3.61. The van der Waals surface area contributed by atoms with Crippen molar-refractivity contribution in [1.82, 2.24) is 14.7 Å². The molecule has 1 heterocycles. The van der Waals surface area contributed by atoms with Gasteiger partial charge in [0.05, 0.1) is 12.1 Å². The third kappa shape index (κ3) is 4.41. The summed E-state index contributed by atoms with van der Waals surface area (Å²) in [5.74, 6) is -0.221. The van der Waals surface area contributed by atoms with Crippen molar-refractivity contribution in [2.75, 3.05) is 14.1 Å². The average Bonchev–Trinajstić information content (AvgIpc) is 3.16. The molecule has 6 nitrogen and oxygen atoms in total. The maximum absolute atomic E-state index is 12.5. The summed E-state index contributed by atoms with van der Waals surface area (Å²) in [6.45, 7) is 2.47. The molecule has 27 heavy (non-hydrogen) atoms. The Balaban J connectivity index is 1.73. The maximum Gasteiger partial charge on any atom is 0.343 e. The number of carbonyl (C=O) groups excluding carboxylic acids is 2. The number of aryl methyl sites for hydroxylation is 1. The molecule has 6 heteroatoms. The molecule has 0 saturated carbocycles. The number of ether oxygens (including phenoxy) is 1. The molecule has 0 aliphatic heterocycles. The molecule has 0 unspecified atom stereocenters. The molecule has 3 rings (SSSR count). The van der Waals surface area contributed by atoms with E-state index < -0.39 is 5.97 Å². The second-order valence-corrected chi connectivity index (χ2v) is 6.47. The van der Waals surface area contributed by atoms with Crippen LogP contribution < -0.4 is 4.74 Å². The van der Waals surface area contributed by atoms with E-state index >= 15 is 0 Å². The first-order valence-electron chi connectivity index (χ1n) is 8.55. The Kier molecular flexibility index (Phi) is 5.35. The Hall–Kier alpha value is -3.41. The minimum atomic E-state index is -0.460. The number of amides is 1. The molecule has 0 saturated heterocycles. The van der Waals surface area contributed by atoms with Gasteiger partial charge in [-0.1, -0.05) is 18.2 Å². The first kappa shape index (κ1) is 18.4. The summed E-state index contributed by atoms with van der Waals surface area (Å²) in [5, 5.41) is 4.16. The van der Waals surface area contributed by atoms with E-state index in [1.165, 1.54) is 4.90 Å². The fourth-order valence-corrected chi connectivity index (χ4v) is 2.59. The molecule has 2 aromatic carbocycles. The first-order valence-corrected chi connectivity index (χ1v) is 8.55. The van der Waals surface area contributed by atoms with E-state index in [-0.39, 0.29) is 5.91 Å². The van der Waals surface area contributed by atoms with Crippen LogP contribution in [0.2, 0.25) is 0 Å². The van der Waals surface area contributed by atoms with Gasteiger partial charge in [0.15, 0.2) is 0 Å². The third-order valence-corrected chi connectivity index (χ3v) is 4.14. The highest BCUT2D eigenvalue weighted by Crippen LogP contribution is 2.22. The second-order valence-electron chi connectivity index (χ2n) is 6.47. The predicted molar refractivity (Wildman–Crippen MR) is 102 cm³/mol. The van der Waals surface area contributed by atoms with Crippen molar-refractivity contribution in [2.45, 2.75) is 13.5 Å². The molecule has 3 aromatic rings. The number of carbonyl (C=O) groups is 2. The van der Waals surface area contributed by atoms with Crippen molar-refractivity contribution in [1.29, 1.82) is 0 Å². The van der Waals surface area contributed by atoms with Crippen LogP contribution in [0, 0.1) is 6.92 Å². The molecule has 0 fully saturated rings. The van der Waals surface area contributed by atoms with E-state index in [1.807, 2.05) is 36.0 Å². The summed E-state index contributed by atoms with van der Waals surface area (Å²) in [4.78, 5) is 26.1. The quantitative estimate of drug-likeness (QED) is 0.516. The van der Waals surface area contributed by atoms with Crippen molar-refractivity contribution in [3.05, 3.63) is 83.2 Å². The molecule has 0 bridgehead atoms. The Morgan fingerprint density at radius 1 is 1.07 bits per heavy atom. The summed E-state index contributed by atoms with van der Waals surface area (Å²) >= 11 is 0. The van der Waals surface area contributed by atoms with Gasteiger partial charge in [0.1, 0.15) is 5.75 Å². The topological polar surface area (TPSA) is 64.4 Å². The van der Waals surface area contributed by atoms with Crippen molar-refractivity contribution in [3.8, 4) is 5.75 Å². The lowest BCUT2D eigenvalue weighted by atomic mass is 10.1. The van der Waals surface area contributed by atoms with Crippen LogP contribution in [0.15, 0.2) is 60.9 Å². The first-order chi connectivity index (χ1) is 12.9. The number of benzene rings is 2. The predicted octanol–water partition coefficient (Wildman–Crippen LogP) is 3.16. The number of hydrogen-bond donors (Lipinski definition) is 0. The van der Waals surface area contributed by atoms with Gasteiger partial charge < -0.3 is 9.64 Å². The number of nitrogens with zero attached hydrogens (tertiary/aromatic N) is 3.